The molecule has 0 saturated heterocycles. The van der Waals surface area contributed by atoms with Gasteiger partial charge in [-0.3, -0.25) is 0 Å². The number of rotatable bonds is 4. The van der Waals surface area contributed by atoms with Gasteiger partial charge in [-0.15, -0.1) is 0 Å². The fraction of sp³-hybridized carbons (Fsp3) is 0.312. The molecule has 0 aliphatic rings. The van der Waals surface area contributed by atoms with Crippen LogP contribution in [0.5, 0.6) is 11.8 Å². The van der Waals surface area contributed by atoms with E-state index in [0.29, 0.717) is 17.4 Å². The molecule has 0 atom stereocenters. The van der Waals surface area contributed by atoms with Crippen LogP contribution in [0, 0.1) is 13.8 Å². The van der Waals surface area contributed by atoms with Crippen molar-refractivity contribution in [3.63, 3.8) is 0 Å². The van der Waals surface area contributed by atoms with Crippen LogP contribution >= 0.6 is 0 Å². The van der Waals surface area contributed by atoms with E-state index in [1.165, 1.54) is 6.20 Å². The molecule has 21 heavy (non-hydrogen) atoms. The number of carboxylic acids is 1. The minimum absolute atomic E-state index is 0.0793. The van der Waals surface area contributed by atoms with Gasteiger partial charge in [0.25, 0.3) is 0 Å². The lowest BCUT2D eigenvalue weighted by molar-refractivity contribution is 0.0695. The summed E-state index contributed by atoms with van der Waals surface area (Å²) in [4.78, 5) is 19.0. The number of hydrogen-bond acceptors (Lipinski definition) is 4. The lowest BCUT2D eigenvalue weighted by atomic mass is 10.0. The number of nitrogens with zero attached hydrogens (tertiary/aromatic N) is 2. The summed E-state index contributed by atoms with van der Waals surface area (Å²) in [7, 11) is 0. The molecular formula is C16H18N2O3. The normalized spacial score (nSPS) is 10.7. The fourth-order valence-corrected chi connectivity index (χ4v) is 2.01. The summed E-state index contributed by atoms with van der Waals surface area (Å²) in [5.41, 5.74) is 2.60. The van der Waals surface area contributed by atoms with Crippen LogP contribution in [-0.4, -0.2) is 21.0 Å². The van der Waals surface area contributed by atoms with Crippen LogP contribution in [0.3, 0.4) is 0 Å². The smallest absolute Gasteiger partial charge is 0.339 e. The van der Waals surface area contributed by atoms with E-state index in [0.717, 1.165) is 11.1 Å². The van der Waals surface area contributed by atoms with Gasteiger partial charge in [0, 0.05) is 6.20 Å². The van der Waals surface area contributed by atoms with Crippen molar-refractivity contribution in [3.8, 4) is 11.8 Å². The first-order valence-electron chi connectivity index (χ1n) is 6.74. The number of benzene rings is 1. The molecular weight excluding hydrogens is 268 g/mol. The number of hydrogen-bond donors (Lipinski definition) is 1. The molecule has 0 amide bonds. The van der Waals surface area contributed by atoms with E-state index in [9.17, 15) is 4.79 Å². The van der Waals surface area contributed by atoms with Crippen molar-refractivity contribution in [3.05, 3.63) is 46.8 Å². The Morgan fingerprint density at radius 1 is 1.29 bits per heavy atom. The Morgan fingerprint density at radius 3 is 2.57 bits per heavy atom. The van der Waals surface area contributed by atoms with Crippen molar-refractivity contribution < 1.29 is 14.6 Å². The second-order valence-electron chi connectivity index (χ2n) is 5.25. The maximum Gasteiger partial charge on any atom is 0.339 e. The van der Waals surface area contributed by atoms with E-state index < -0.39 is 5.97 Å². The van der Waals surface area contributed by atoms with Crippen molar-refractivity contribution >= 4 is 5.97 Å². The van der Waals surface area contributed by atoms with Gasteiger partial charge in [0.1, 0.15) is 5.75 Å². The summed E-state index contributed by atoms with van der Waals surface area (Å²) in [6.07, 6.45) is 1.27. The molecule has 5 heteroatoms. The van der Waals surface area contributed by atoms with Crippen LogP contribution in [0.25, 0.3) is 0 Å². The molecule has 0 saturated carbocycles. The van der Waals surface area contributed by atoms with Gasteiger partial charge in [0.15, 0.2) is 0 Å². The Labute approximate surface area is 123 Å². The average Bonchev–Trinajstić information content (AvgIpc) is 2.37. The second-order valence-corrected chi connectivity index (χ2v) is 5.25. The number of ether oxygens (including phenoxy) is 1. The Kier molecular flexibility index (Phi) is 4.21. The highest BCUT2D eigenvalue weighted by Gasteiger charge is 2.13. The molecule has 0 radical (unpaired) electrons. The molecule has 0 spiro atoms. The van der Waals surface area contributed by atoms with E-state index >= 15 is 0 Å². The molecule has 1 N–H and O–H groups in total. The number of aromatic nitrogens is 2. The number of aromatic carboxylic acids is 1. The van der Waals surface area contributed by atoms with Gasteiger partial charge in [-0.05, 0) is 37.0 Å². The zero-order valence-corrected chi connectivity index (χ0v) is 12.5. The van der Waals surface area contributed by atoms with E-state index in [1.807, 2.05) is 25.1 Å². The van der Waals surface area contributed by atoms with Gasteiger partial charge in [0.05, 0.1) is 11.3 Å². The van der Waals surface area contributed by atoms with Crippen molar-refractivity contribution in [1.82, 2.24) is 9.97 Å². The number of carboxylic acid groups (broad SMARTS) is 1. The molecule has 1 aromatic heterocycles. The lowest BCUT2D eigenvalue weighted by Crippen LogP contribution is -2.05. The third-order valence-corrected chi connectivity index (χ3v) is 3.18. The first-order valence-corrected chi connectivity index (χ1v) is 6.74. The third-order valence-electron chi connectivity index (χ3n) is 3.18. The Balaban J connectivity index is 2.36. The summed E-state index contributed by atoms with van der Waals surface area (Å²) in [5, 5.41) is 8.98. The quantitative estimate of drug-likeness (QED) is 0.927. The molecule has 1 aromatic carbocycles. The average molecular weight is 286 g/mol. The fourth-order valence-electron chi connectivity index (χ4n) is 2.01. The molecule has 0 unspecified atom stereocenters. The molecule has 1 heterocycles. The standard InChI is InChI=1S/C16H18N2O3/c1-9(2)12-6-5-10(3)7-14(12)21-16-17-8-13(15(19)20)11(4)18-16/h5-9H,1-4H3,(H,19,20). The Hall–Kier alpha value is -2.43. The summed E-state index contributed by atoms with van der Waals surface area (Å²) in [6, 6.07) is 6.14. The minimum atomic E-state index is -1.04. The molecule has 0 aliphatic heterocycles. The van der Waals surface area contributed by atoms with Crippen molar-refractivity contribution in [2.75, 3.05) is 0 Å². The zero-order valence-electron chi connectivity index (χ0n) is 12.5. The molecule has 5 nitrogen and oxygen atoms in total. The van der Waals surface area contributed by atoms with Crippen molar-refractivity contribution in [1.29, 1.82) is 0 Å². The molecule has 110 valence electrons. The number of carbonyl (C=O) groups is 1. The van der Waals surface area contributed by atoms with E-state index in [4.69, 9.17) is 9.84 Å². The van der Waals surface area contributed by atoms with Gasteiger partial charge in [-0.25, -0.2) is 9.78 Å². The van der Waals surface area contributed by atoms with Crippen LogP contribution in [0.1, 0.15) is 46.9 Å². The predicted octanol–water partition coefficient (Wildman–Crippen LogP) is 3.71. The zero-order chi connectivity index (χ0) is 15.6. The summed E-state index contributed by atoms with van der Waals surface area (Å²) < 4.78 is 5.75. The molecule has 2 aromatic rings. The Morgan fingerprint density at radius 2 is 2.00 bits per heavy atom. The molecule has 0 aliphatic carbocycles. The van der Waals surface area contributed by atoms with Gasteiger partial charge in [0.2, 0.25) is 0 Å². The van der Waals surface area contributed by atoms with Crippen LogP contribution < -0.4 is 4.74 Å². The second kappa shape index (κ2) is 5.91. The van der Waals surface area contributed by atoms with Crippen molar-refractivity contribution in [2.24, 2.45) is 0 Å². The monoisotopic (exact) mass is 286 g/mol. The van der Waals surface area contributed by atoms with Gasteiger partial charge in [-0.2, -0.15) is 4.98 Å². The predicted molar refractivity (Wildman–Crippen MR) is 79.1 cm³/mol. The molecule has 2 rings (SSSR count). The van der Waals surface area contributed by atoms with E-state index in [-0.39, 0.29) is 11.6 Å². The number of aryl methyl sites for hydroxylation is 2. The maximum absolute atomic E-state index is 11.0. The highest BCUT2D eigenvalue weighted by molar-refractivity contribution is 5.88. The summed E-state index contributed by atoms with van der Waals surface area (Å²) in [6.45, 7) is 7.77. The summed E-state index contributed by atoms with van der Waals surface area (Å²) in [5.74, 6) is -0.0371. The highest BCUT2D eigenvalue weighted by atomic mass is 16.5. The molecule has 0 fully saturated rings. The van der Waals surface area contributed by atoms with E-state index in [1.54, 1.807) is 6.92 Å². The highest BCUT2D eigenvalue weighted by Crippen LogP contribution is 2.30. The van der Waals surface area contributed by atoms with Gasteiger partial charge in [-0.1, -0.05) is 26.0 Å². The first kappa shape index (κ1) is 15.0. The van der Waals surface area contributed by atoms with Crippen LogP contribution in [0.2, 0.25) is 0 Å². The Bertz CT molecular complexity index is 681. The summed E-state index contributed by atoms with van der Waals surface area (Å²) >= 11 is 0. The maximum atomic E-state index is 11.0. The van der Waals surface area contributed by atoms with Crippen LogP contribution in [-0.2, 0) is 0 Å². The van der Waals surface area contributed by atoms with E-state index in [2.05, 4.69) is 23.8 Å². The molecule has 0 bridgehead atoms. The lowest BCUT2D eigenvalue weighted by Gasteiger charge is -2.13. The SMILES string of the molecule is Cc1ccc(C(C)C)c(Oc2ncc(C(=O)O)c(C)n2)c1. The first-order chi connectivity index (χ1) is 9.88. The third kappa shape index (κ3) is 3.37. The van der Waals surface area contributed by atoms with Crippen molar-refractivity contribution in [2.45, 2.75) is 33.6 Å². The van der Waals surface area contributed by atoms with Crippen LogP contribution in [0.15, 0.2) is 24.4 Å². The largest absolute Gasteiger partial charge is 0.478 e. The van der Waals surface area contributed by atoms with Gasteiger partial charge >= 0.3 is 12.0 Å². The topological polar surface area (TPSA) is 72.3 Å². The van der Waals surface area contributed by atoms with Gasteiger partial charge < -0.3 is 9.84 Å². The minimum Gasteiger partial charge on any atom is -0.478 e. The van der Waals surface area contributed by atoms with Crippen LogP contribution in [0.4, 0.5) is 0 Å².